The van der Waals surface area contributed by atoms with Crippen LogP contribution in [-0.4, -0.2) is 47.3 Å². The summed E-state index contributed by atoms with van der Waals surface area (Å²) in [6.07, 6.45) is 1.58. The largest absolute Gasteiger partial charge is 0.493 e. The predicted octanol–water partition coefficient (Wildman–Crippen LogP) is 1.82. The van der Waals surface area contributed by atoms with E-state index in [1.807, 2.05) is 30.3 Å². The number of para-hydroxylation sites is 1. The minimum absolute atomic E-state index is 0.0378. The number of likely N-dealkylation sites (tertiary alicyclic amines) is 1. The number of benzene rings is 1. The van der Waals surface area contributed by atoms with Crippen LogP contribution >= 0.6 is 11.3 Å². The van der Waals surface area contributed by atoms with Gasteiger partial charge < -0.3 is 20.7 Å². The zero-order valence-corrected chi connectivity index (χ0v) is 16.8. The molecule has 154 valence electrons. The second-order valence-electron chi connectivity index (χ2n) is 6.84. The highest BCUT2D eigenvalue weighted by molar-refractivity contribution is 7.13. The van der Waals surface area contributed by atoms with Gasteiger partial charge in [-0.1, -0.05) is 18.2 Å². The van der Waals surface area contributed by atoms with Gasteiger partial charge >= 0.3 is 0 Å². The Labute approximate surface area is 173 Å². The van der Waals surface area contributed by atoms with Crippen LogP contribution in [0.3, 0.4) is 0 Å². The van der Waals surface area contributed by atoms with Gasteiger partial charge in [-0.05, 0) is 25.0 Å². The first kappa shape index (κ1) is 20.8. The fourth-order valence-corrected chi connectivity index (χ4v) is 3.87. The second kappa shape index (κ2) is 10.0. The van der Waals surface area contributed by atoms with Crippen molar-refractivity contribution >= 4 is 34.2 Å². The number of primary amides is 1. The smallest absolute Gasteiger partial charge is 0.229 e. The molecule has 0 bridgehead atoms. The summed E-state index contributed by atoms with van der Waals surface area (Å²) in [7, 11) is 0. The van der Waals surface area contributed by atoms with Crippen LogP contribution in [0.25, 0.3) is 0 Å². The van der Waals surface area contributed by atoms with Crippen molar-refractivity contribution in [1.82, 2.24) is 9.88 Å². The number of rotatable bonds is 8. The molecule has 3 rings (SSSR count). The molecule has 3 N–H and O–H groups in total. The van der Waals surface area contributed by atoms with E-state index in [1.54, 1.807) is 10.3 Å². The maximum absolute atomic E-state index is 12.4. The lowest BCUT2D eigenvalue weighted by atomic mass is 9.96. The Kier molecular flexibility index (Phi) is 7.18. The number of ether oxygens (including phenoxy) is 1. The third-order valence-corrected chi connectivity index (χ3v) is 5.49. The molecule has 2 heterocycles. The monoisotopic (exact) mass is 416 g/mol. The molecule has 3 amide bonds. The number of carbonyl (C=O) groups is 3. The highest BCUT2D eigenvalue weighted by atomic mass is 32.1. The van der Waals surface area contributed by atoms with E-state index in [9.17, 15) is 14.4 Å². The topological polar surface area (TPSA) is 115 Å². The van der Waals surface area contributed by atoms with E-state index in [4.69, 9.17) is 10.5 Å². The van der Waals surface area contributed by atoms with Crippen LogP contribution in [0, 0.1) is 5.92 Å². The molecule has 1 fully saturated rings. The van der Waals surface area contributed by atoms with E-state index >= 15 is 0 Å². The van der Waals surface area contributed by atoms with Crippen LogP contribution < -0.4 is 15.8 Å². The highest BCUT2D eigenvalue weighted by Gasteiger charge is 2.27. The van der Waals surface area contributed by atoms with Gasteiger partial charge in [0.2, 0.25) is 17.7 Å². The number of nitrogens with zero attached hydrogens (tertiary/aromatic N) is 2. The maximum Gasteiger partial charge on any atom is 0.229 e. The van der Waals surface area contributed by atoms with Crippen LogP contribution in [0.15, 0.2) is 35.7 Å². The number of anilines is 1. The Morgan fingerprint density at radius 1 is 1.21 bits per heavy atom. The summed E-state index contributed by atoms with van der Waals surface area (Å²) in [5, 5.41) is 4.96. The number of hydrogen-bond acceptors (Lipinski definition) is 6. The SMILES string of the molecule is NC(=O)Cc1csc(NC(=O)C2CCN(C(=O)CCOc3ccccc3)CC2)n1. The standard InChI is InChI=1S/C20H24N4O4S/c21-17(25)12-15-13-29-20(22-15)23-19(27)14-6-9-24(10-7-14)18(26)8-11-28-16-4-2-1-3-5-16/h1-5,13-14H,6-12H2,(H2,21,25)(H,22,23,27). The van der Waals surface area contributed by atoms with E-state index in [-0.39, 0.29) is 24.2 Å². The van der Waals surface area contributed by atoms with Gasteiger partial charge in [0.1, 0.15) is 5.75 Å². The second-order valence-corrected chi connectivity index (χ2v) is 7.70. The van der Waals surface area contributed by atoms with Crippen molar-refractivity contribution in [1.29, 1.82) is 0 Å². The zero-order valence-electron chi connectivity index (χ0n) is 16.0. The molecule has 1 aliphatic rings. The minimum atomic E-state index is -0.459. The van der Waals surface area contributed by atoms with Crippen molar-refractivity contribution in [3.05, 3.63) is 41.4 Å². The number of carbonyl (C=O) groups excluding carboxylic acids is 3. The Morgan fingerprint density at radius 2 is 1.93 bits per heavy atom. The summed E-state index contributed by atoms with van der Waals surface area (Å²) in [6, 6.07) is 9.39. The van der Waals surface area contributed by atoms with Crippen LogP contribution in [0.5, 0.6) is 5.75 Å². The third-order valence-electron chi connectivity index (χ3n) is 4.68. The van der Waals surface area contributed by atoms with Gasteiger partial charge in [-0.25, -0.2) is 4.98 Å². The van der Waals surface area contributed by atoms with Crippen molar-refractivity contribution in [2.24, 2.45) is 11.7 Å². The molecule has 0 radical (unpaired) electrons. The molecule has 1 saturated heterocycles. The van der Waals surface area contributed by atoms with Gasteiger partial charge in [0.15, 0.2) is 5.13 Å². The third kappa shape index (κ3) is 6.28. The highest BCUT2D eigenvalue weighted by Crippen LogP contribution is 2.22. The molecule has 8 nitrogen and oxygen atoms in total. The van der Waals surface area contributed by atoms with E-state index in [0.29, 0.717) is 49.8 Å². The lowest BCUT2D eigenvalue weighted by Crippen LogP contribution is -2.41. The van der Waals surface area contributed by atoms with Gasteiger partial charge in [-0.2, -0.15) is 0 Å². The summed E-state index contributed by atoms with van der Waals surface area (Å²) in [4.78, 5) is 41.7. The molecule has 29 heavy (non-hydrogen) atoms. The molecular weight excluding hydrogens is 392 g/mol. The van der Waals surface area contributed by atoms with Gasteiger partial charge in [0, 0.05) is 24.4 Å². The molecule has 1 aliphatic heterocycles. The average molecular weight is 417 g/mol. The number of nitrogens with one attached hydrogen (secondary N) is 1. The van der Waals surface area contributed by atoms with Crippen molar-refractivity contribution in [2.45, 2.75) is 25.7 Å². The number of piperidine rings is 1. The van der Waals surface area contributed by atoms with Crippen molar-refractivity contribution < 1.29 is 19.1 Å². The molecule has 0 spiro atoms. The van der Waals surface area contributed by atoms with E-state index in [1.165, 1.54) is 11.3 Å². The van der Waals surface area contributed by atoms with E-state index in [2.05, 4.69) is 10.3 Å². The minimum Gasteiger partial charge on any atom is -0.493 e. The van der Waals surface area contributed by atoms with Crippen molar-refractivity contribution in [2.75, 3.05) is 25.0 Å². The number of aromatic nitrogens is 1. The molecule has 0 saturated carbocycles. The zero-order chi connectivity index (χ0) is 20.6. The molecule has 2 aromatic rings. The lowest BCUT2D eigenvalue weighted by molar-refractivity contribution is -0.135. The molecule has 0 unspecified atom stereocenters. The molecule has 0 aliphatic carbocycles. The van der Waals surface area contributed by atoms with Gasteiger partial charge in [-0.3, -0.25) is 14.4 Å². The van der Waals surface area contributed by atoms with Crippen molar-refractivity contribution in [3.8, 4) is 5.75 Å². The van der Waals surface area contributed by atoms with Crippen molar-refractivity contribution in [3.63, 3.8) is 0 Å². The maximum atomic E-state index is 12.4. The molecular formula is C20H24N4O4S. The number of nitrogens with two attached hydrogens (primary N) is 1. The number of amides is 3. The molecule has 1 aromatic carbocycles. The van der Waals surface area contributed by atoms with Crippen LogP contribution in [-0.2, 0) is 20.8 Å². The fourth-order valence-electron chi connectivity index (χ4n) is 3.15. The molecule has 0 atom stereocenters. The van der Waals surface area contributed by atoms with Crippen LogP contribution in [0.1, 0.15) is 25.0 Å². The van der Waals surface area contributed by atoms with E-state index in [0.717, 1.165) is 5.75 Å². The first-order valence-electron chi connectivity index (χ1n) is 9.50. The Bertz CT molecular complexity index is 847. The first-order chi connectivity index (χ1) is 14.0. The Hall–Kier alpha value is -2.94. The summed E-state index contributed by atoms with van der Waals surface area (Å²) >= 11 is 1.27. The normalized spacial score (nSPS) is 14.4. The molecule has 9 heteroatoms. The van der Waals surface area contributed by atoms with Gasteiger partial charge in [-0.15, -0.1) is 11.3 Å². The quantitative estimate of drug-likeness (QED) is 0.681. The summed E-state index contributed by atoms with van der Waals surface area (Å²) in [5.41, 5.74) is 5.70. The number of thiazole rings is 1. The number of hydrogen-bond donors (Lipinski definition) is 2. The Morgan fingerprint density at radius 3 is 2.62 bits per heavy atom. The predicted molar refractivity (Wildman–Crippen MR) is 110 cm³/mol. The van der Waals surface area contributed by atoms with Crippen LogP contribution in [0.2, 0.25) is 0 Å². The summed E-state index contributed by atoms with van der Waals surface area (Å²) < 4.78 is 5.57. The van der Waals surface area contributed by atoms with Gasteiger partial charge in [0.05, 0.1) is 25.1 Å². The fraction of sp³-hybridized carbons (Fsp3) is 0.400. The van der Waals surface area contributed by atoms with Gasteiger partial charge in [0.25, 0.3) is 0 Å². The first-order valence-corrected chi connectivity index (χ1v) is 10.4. The summed E-state index contributed by atoms with van der Waals surface area (Å²) in [5.74, 6) is 0.0552. The molecule has 1 aromatic heterocycles. The Balaban J connectivity index is 1.39. The summed E-state index contributed by atoms with van der Waals surface area (Å²) in [6.45, 7) is 1.43. The van der Waals surface area contributed by atoms with E-state index < -0.39 is 5.91 Å². The van der Waals surface area contributed by atoms with Crippen LogP contribution in [0.4, 0.5) is 5.13 Å². The lowest BCUT2D eigenvalue weighted by Gasteiger charge is -2.31. The average Bonchev–Trinajstić information content (AvgIpc) is 3.14.